The van der Waals surface area contributed by atoms with Crippen LogP contribution in [-0.4, -0.2) is 59.4 Å². The maximum absolute atomic E-state index is 12.6. The quantitative estimate of drug-likeness (QED) is 0.499. The topological polar surface area (TPSA) is 160 Å². The number of rotatable bonds is 5. The van der Waals surface area contributed by atoms with Gasteiger partial charge in [-0.15, -0.1) is 16.4 Å². The molecule has 23 heavy (non-hydrogen) atoms. The van der Waals surface area contributed by atoms with Crippen LogP contribution in [0.3, 0.4) is 0 Å². The van der Waals surface area contributed by atoms with Crippen molar-refractivity contribution in [2.24, 2.45) is 5.73 Å². The van der Waals surface area contributed by atoms with Gasteiger partial charge in [0.25, 0.3) is 11.9 Å². The molecule has 118 valence electrons. The number of aliphatic hydroxyl groups excluding tert-OH is 1. The van der Waals surface area contributed by atoms with Gasteiger partial charge < -0.3 is 10.8 Å². The van der Waals surface area contributed by atoms with Crippen LogP contribution in [0.1, 0.15) is 10.5 Å². The molecule has 0 aliphatic carbocycles. The summed E-state index contributed by atoms with van der Waals surface area (Å²) in [5.41, 5.74) is 6.43. The number of nitrogens with zero attached hydrogens (tertiary/aromatic N) is 7. The van der Waals surface area contributed by atoms with Crippen molar-refractivity contribution in [1.82, 2.24) is 35.6 Å². The number of carbonyl (C=O) groups is 1. The molecule has 3 aromatic rings. The second-order valence-corrected chi connectivity index (χ2v) is 5.12. The summed E-state index contributed by atoms with van der Waals surface area (Å²) in [5, 5.41) is 24.4. The number of H-pyrrole nitrogens is 1. The molecule has 3 heterocycles. The summed E-state index contributed by atoms with van der Waals surface area (Å²) < 4.78 is 0. The van der Waals surface area contributed by atoms with Crippen molar-refractivity contribution >= 4 is 23.2 Å². The highest BCUT2D eigenvalue weighted by molar-refractivity contribution is 7.13. The van der Waals surface area contributed by atoms with E-state index in [4.69, 9.17) is 5.73 Å². The average molecular weight is 333 g/mol. The molecule has 1 amide bonds. The van der Waals surface area contributed by atoms with Crippen LogP contribution in [0.2, 0.25) is 0 Å². The van der Waals surface area contributed by atoms with Crippen molar-refractivity contribution in [2.45, 2.75) is 6.17 Å². The zero-order chi connectivity index (χ0) is 16.2. The number of nitrogens with two attached hydrogens (primary N) is 1. The Bertz CT molecular complexity index is 776. The first kappa shape index (κ1) is 15.1. The molecule has 3 rings (SSSR count). The number of hydrogen-bond acceptors (Lipinski definition) is 10. The summed E-state index contributed by atoms with van der Waals surface area (Å²) in [5.74, 6) is -0.607. The fraction of sp³-hybridized carbons (Fsp3) is 0.182. The monoisotopic (exact) mass is 333 g/mol. The van der Waals surface area contributed by atoms with Gasteiger partial charge in [0.2, 0.25) is 0 Å². The summed E-state index contributed by atoms with van der Waals surface area (Å²) >= 11 is 1.24. The summed E-state index contributed by atoms with van der Waals surface area (Å²) in [6, 6.07) is 0. The molecular weight excluding hydrogens is 322 g/mol. The van der Waals surface area contributed by atoms with Gasteiger partial charge in [-0.1, -0.05) is 5.10 Å². The van der Waals surface area contributed by atoms with Crippen LogP contribution < -0.4 is 10.6 Å². The summed E-state index contributed by atoms with van der Waals surface area (Å²) in [4.78, 5) is 25.9. The second kappa shape index (κ2) is 6.51. The summed E-state index contributed by atoms with van der Waals surface area (Å²) in [7, 11) is 0. The number of anilines is 1. The Hall–Kier alpha value is -2.83. The smallest absolute Gasteiger partial charge is 0.281 e. The van der Waals surface area contributed by atoms with Gasteiger partial charge in [0.1, 0.15) is 22.6 Å². The third-order valence-electron chi connectivity index (χ3n) is 2.79. The lowest BCUT2D eigenvalue weighted by Crippen LogP contribution is -2.49. The Morgan fingerprint density at radius 2 is 2.35 bits per heavy atom. The molecule has 0 saturated heterocycles. The van der Waals surface area contributed by atoms with Gasteiger partial charge >= 0.3 is 0 Å². The molecule has 0 aliphatic rings. The van der Waals surface area contributed by atoms with Crippen LogP contribution in [0.5, 0.6) is 0 Å². The standard InChI is InChI=1S/C11H11N9O2S/c12-8(4-21)20(11-16-18-19-17-11)10(22)7-5-23-9(15-7)6-3-13-1-2-14-6/h1-3,5,8,21H,4,12H2,(H,16,17,18,19). The third kappa shape index (κ3) is 3.03. The van der Waals surface area contributed by atoms with Gasteiger partial charge in [-0.3, -0.25) is 19.7 Å². The molecule has 12 heteroatoms. The van der Waals surface area contributed by atoms with Crippen LogP contribution in [0.4, 0.5) is 5.95 Å². The highest BCUT2D eigenvalue weighted by Crippen LogP contribution is 2.22. The molecule has 0 radical (unpaired) electrons. The molecule has 0 spiro atoms. The minimum atomic E-state index is -1.03. The maximum Gasteiger partial charge on any atom is 0.281 e. The number of carbonyl (C=O) groups excluding carboxylic acids is 1. The van der Waals surface area contributed by atoms with Gasteiger partial charge in [-0.05, 0) is 5.21 Å². The lowest BCUT2D eigenvalue weighted by atomic mass is 10.3. The van der Waals surface area contributed by atoms with Gasteiger partial charge in [-0.2, -0.15) is 5.21 Å². The number of amides is 1. The van der Waals surface area contributed by atoms with E-state index in [0.717, 1.165) is 4.90 Å². The van der Waals surface area contributed by atoms with Gasteiger partial charge in [0.15, 0.2) is 0 Å². The maximum atomic E-state index is 12.6. The van der Waals surface area contributed by atoms with E-state index in [1.165, 1.54) is 17.5 Å². The number of tetrazole rings is 1. The van der Waals surface area contributed by atoms with Crippen LogP contribution in [0, 0.1) is 0 Å². The van der Waals surface area contributed by atoms with Crippen molar-refractivity contribution in [3.63, 3.8) is 0 Å². The molecular formula is C11H11N9O2S. The minimum Gasteiger partial charge on any atom is -0.393 e. The Kier molecular flexibility index (Phi) is 4.27. The Balaban J connectivity index is 1.91. The number of hydrogen-bond donors (Lipinski definition) is 3. The fourth-order valence-corrected chi connectivity index (χ4v) is 2.51. The predicted octanol–water partition coefficient (Wildman–Crippen LogP) is -0.963. The normalized spacial score (nSPS) is 12.1. The van der Waals surface area contributed by atoms with Gasteiger partial charge in [0, 0.05) is 17.8 Å². The fourth-order valence-electron chi connectivity index (χ4n) is 1.75. The molecule has 3 aromatic heterocycles. The Morgan fingerprint density at radius 1 is 1.48 bits per heavy atom. The number of aromatic nitrogens is 7. The van der Waals surface area contributed by atoms with E-state index >= 15 is 0 Å². The summed E-state index contributed by atoms with van der Waals surface area (Å²) in [6.07, 6.45) is 3.60. The van der Waals surface area contributed by atoms with E-state index in [9.17, 15) is 9.90 Å². The predicted molar refractivity (Wildman–Crippen MR) is 79.2 cm³/mol. The lowest BCUT2D eigenvalue weighted by molar-refractivity contribution is 0.0958. The molecule has 0 aliphatic heterocycles. The molecule has 0 aromatic carbocycles. The zero-order valence-electron chi connectivity index (χ0n) is 11.6. The molecule has 11 nitrogen and oxygen atoms in total. The van der Waals surface area contributed by atoms with E-state index in [1.54, 1.807) is 17.8 Å². The third-order valence-corrected chi connectivity index (χ3v) is 3.66. The number of thiazole rings is 1. The second-order valence-electron chi connectivity index (χ2n) is 4.27. The van der Waals surface area contributed by atoms with E-state index < -0.39 is 18.7 Å². The van der Waals surface area contributed by atoms with Crippen LogP contribution in [-0.2, 0) is 0 Å². The van der Waals surface area contributed by atoms with Crippen molar-refractivity contribution in [3.05, 3.63) is 29.7 Å². The van der Waals surface area contributed by atoms with E-state index in [0.29, 0.717) is 10.7 Å². The van der Waals surface area contributed by atoms with Crippen LogP contribution in [0.25, 0.3) is 10.7 Å². The molecule has 0 fully saturated rings. The first-order chi connectivity index (χ1) is 11.2. The molecule has 1 atom stereocenters. The molecule has 0 bridgehead atoms. The number of aromatic amines is 1. The first-order valence-electron chi connectivity index (χ1n) is 6.36. The van der Waals surface area contributed by atoms with Crippen molar-refractivity contribution in [3.8, 4) is 10.7 Å². The average Bonchev–Trinajstić information content (AvgIpc) is 3.27. The van der Waals surface area contributed by atoms with Crippen LogP contribution in [0.15, 0.2) is 24.0 Å². The SMILES string of the molecule is NC(CO)N(C(=O)c1csc(-c2cnccn2)n1)c1nn[nH]n1. The highest BCUT2D eigenvalue weighted by atomic mass is 32.1. The molecule has 0 saturated carbocycles. The van der Waals surface area contributed by atoms with E-state index in [1.807, 2.05) is 0 Å². The highest BCUT2D eigenvalue weighted by Gasteiger charge is 2.28. The van der Waals surface area contributed by atoms with Crippen molar-refractivity contribution < 1.29 is 9.90 Å². The van der Waals surface area contributed by atoms with Crippen molar-refractivity contribution in [2.75, 3.05) is 11.5 Å². The van der Waals surface area contributed by atoms with Crippen LogP contribution >= 0.6 is 11.3 Å². The number of aliphatic hydroxyl groups is 1. The van der Waals surface area contributed by atoms with Gasteiger partial charge in [-0.25, -0.2) is 4.98 Å². The lowest BCUT2D eigenvalue weighted by Gasteiger charge is -2.22. The zero-order valence-corrected chi connectivity index (χ0v) is 12.4. The number of nitrogens with one attached hydrogen (secondary N) is 1. The largest absolute Gasteiger partial charge is 0.393 e. The minimum absolute atomic E-state index is 0.0504. The first-order valence-corrected chi connectivity index (χ1v) is 7.24. The van der Waals surface area contributed by atoms with Gasteiger partial charge in [0.05, 0.1) is 12.8 Å². The van der Waals surface area contributed by atoms with Crippen molar-refractivity contribution in [1.29, 1.82) is 0 Å². The molecule has 4 N–H and O–H groups in total. The van der Waals surface area contributed by atoms with E-state index in [2.05, 4.69) is 35.6 Å². The van der Waals surface area contributed by atoms with E-state index in [-0.39, 0.29) is 11.6 Å². The Labute approximate surface area is 133 Å². The summed E-state index contributed by atoms with van der Waals surface area (Å²) in [6.45, 7) is -0.471. The molecule has 1 unspecified atom stereocenters. The Morgan fingerprint density at radius 3 is 3.00 bits per heavy atom.